The molecule has 164 valence electrons. The largest absolute Gasteiger partial charge is 0.391 e. The van der Waals surface area contributed by atoms with E-state index in [0.717, 1.165) is 13.0 Å². The smallest absolute Gasteiger partial charge is 0.383 e. The van der Waals surface area contributed by atoms with Crippen LogP contribution in [-0.4, -0.2) is 43.2 Å². The maximum Gasteiger partial charge on any atom is 0.391 e. The van der Waals surface area contributed by atoms with E-state index in [1.807, 2.05) is 0 Å². The van der Waals surface area contributed by atoms with Gasteiger partial charge >= 0.3 is 6.18 Å². The third kappa shape index (κ3) is 3.51. The standard InChI is InChI=1S/C20H25F3N4O3/c1-24-15-7-6-14(16(17(15)27(29)30)19-8-12(19)9-25-10-19)18(28)26-13-4-2-11(3-5-13)20(21,22)23/h6-7,11-13,24-25H,2-5,8-10H2,1H3,(H,26,28). The first-order valence-corrected chi connectivity index (χ1v) is 10.3. The lowest BCUT2D eigenvalue weighted by Crippen LogP contribution is -2.40. The average Bonchev–Trinajstić information content (AvgIpc) is 3.26. The summed E-state index contributed by atoms with van der Waals surface area (Å²) in [6, 6.07) is 2.75. The van der Waals surface area contributed by atoms with Crippen molar-refractivity contribution in [2.75, 3.05) is 25.5 Å². The average molecular weight is 426 g/mol. The molecule has 3 fully saturated rings. The van der Waals surface area contributed by atoms with Gasteiger partial charge in [-0.2, -0.15) is 13.2 Å². The van der Waals surface area contributed by atoms with Crippen molar-refractivity contribution in [3.8, 4) is 0 Å². The van der Waals surface area contributed by atoms with Gasteiger partial charge < -0.3 is 16.0 Å². The van der Waals surface area contributed by atoms with Crippen LogP contribution >= 0.6 is 0 Å². The molecular weight excluding hydrogens is 401 g/mol. The molecule has 0 spiro atoms. The number of halogens is 3. The number of nitrogens with one attached hydrogen (secondary N) is 3. The maximum atomic E-state index is 13.1. The van der Waals surface area contributed by atoms with Crippen LogP contribution in [0.5, 0.6) is 0 Å². The molecule has 1 aromatic carbocycles. The summed E-state index contributed by atoms with van der Waals surface area (Å²) in [5, 5.41) is 20.9. The number of carbonyl (C=O) groups excluding carboxylic acids is 1. The highest BCUT2D eigenvalue weighted by Gasteiger charge is 2.62. The van der Waals surface area contributed by atoms with Crippen molar-refractivity contribution >= 4 is 17.3 Å². The van der Waals surface area contributed by atoms with E-state index >= 15 is 0 Å². The Morgan fingerprint density at radius 3 is 2.47 bits per heavy atom. The molecule has 0 bridgehead atoms. The molecule has 0 radical (unpaired) electrons. The maximum absolute atomic E-state index is 13.1. The molecule has 1 saturated heterocycles. The van der Waals surface area contributed by atoms with E-state index in [1.54, 1.807) is 13.1 Å². The van der Waals surface area contributed by atoms with Crippen molar-refractivity contribution < 1.29 is 22.9 Å². The molecule has 2 aliphatic carbocycles. The molecule has 3 aliphatic rings. The number of amides is 1. The molecule has 1 aromatic rings. The van der Waals surface area contributed by atoms with Gasteiger partial charge in [0.2, 0.25) is 0 Å². The second kappa shape index (κ2) is 7.40. The Morgan fingerprint density at radius 1 is 1.27 bits per heavy atom. The summed E-state index contributed by atoms with van der Waals surface area (Å²) in [6.07, 6.45) is -2.97. The van der Waals surface area contributed by atoms with E-state index in [9.17, 15) is 28.1 Å². The number of nitrogens with zero attached hydrogens (tertiary/aromatic N) is 1. The fraction of sp³-hybridized carbons (Fsp3) is 0.650. The lowest BCUT2D eigenvalue weighted by molar-refractivity contribution is -0.384. The fourth-order valence-corrected chi connectivity index (χ4v) is 5.23. The number of alkyl halides is 3. The van der Waals surface area contributed by atoms with E-state index < -0.39 is 28.3 Å². The molecule has 2 unspecified atom stereocenters. The normalized spacial score (nSPS) is 30.5. The van der Waals surface area contributed by atoms with E-state index in [4.69, 9.17) is 0 Å². The summed E-state index contributed by atoms with van der Waals surface area (Å²) in [4.78, 5) is 24.6. The van der Waals surface area contributed by atoms with Gasteiger partial charge in [0.25, 0.3) is 11.6 Å². The Morgan fingerprint density at radius 2 is 1.97 bits per heavy atom. The summed E-state index contributed by atoms with van der Waals surface area (Å²) < 4.78 is 38.7. The van der Waals surface area contributed by atoms with Gasteiger partial charge in [0.1, 0.15) is 5.69 Å². The molecule has 1 aliphatic heterocycles. The van der Waals surface area contributed by atoms with E-state index in [0.29, 0.717) is 17.8 Å². The molecular formula is C20H25F3N4O3. The van der Waals surface area contributed by atoms with Gasteiger partial charge in [0, 0.05) is 25.0 Å². The number of anilines is 1. The zero-order valence-corrected chi connectivity index (χ0v) is 16.6. The van der Waals surface area contributed by atoms with Gasteiger partial charge in [-0.25, -0.2) is 0 Å². The first-order valence-electron chi connectivity index (χ1n) is 10.3. The Labute approximate surface area is 171 Å². The number of hydrogen-bond donors (Lipinski definition) is 3. The molecule has 2 saturated carbocycles. The SMILES string of the molecule is CNc1ccc(C(=O)NC2CCC(C(F)(F)F)CC2)c(C23CNCC2C3)c1[N+](=O)[O-]. The minimum Gasteiger partial charge on any atom is -0.383 e. The van der Waals surface area contributed by atoms with E-state index in [2.05, 4.69) is 16.0 Å². The minimum absolute atomic E-state index is 0.0178. The van der Waals surface area contributed by atoms with Gasteiger partial charge in [-0.05, 0) is 56.7 Å². The second-order valence-corrected chi connectivity index (χ2v) is 8.64. The molecule has 1 amide bonds. The van der Waals surface area contributed by atoms with Gasteiger partial charge in [0.15, 0.2) is 0 Å². The van der Waals surface area contributed by atoms with Crippen LogP contribution in [0.2, 0.25) is 0 Å². The van der Waals surface area contributed by atoms with Crippen LogP contribution in [0, 0.1) is 22.0 Å². The zero-order chi connectivity index (χ0) is 21.7. The molecule has 4 rings (SSSR count). The number of piperidine rings is 1. The second-order valence-electron chi connectivity index (χ2n) is 8.64. The quantitative estimate of drug-likeness (QED) is 0.496. The first kappa shape index (κ1) is 20.9. The Bertz CT molecular complexity index is 868. The van der Waals surface area contributed by atoms with E-state index in [1.165, 1.54) is 6.07 Å². The van der Waals surface area contributed by atoms with Crippen LogP contribution in [0.4, 0.5) is 24.5 Å². The molecule has 7 nitrogen and oxygen atoms in total. The van der Waals surface area contributed by atoms with Crippen LogP contribution in [0.3, 0.4) is 0 Å². The van der Waals surface area contributed by atoms with Crippen molar-refractivity contribution in [1.82, 2.24) is 10.6 Å². The fourth-order valence-electron chi connectivity index (χ4n) is 5.23. The Hall–Kier alpha value is -2.36. The molecule has 10 heteroatoms. The number of carbonyl (C=O) groups is 1. The summed E-state index contributed by atoms with van der Waals surface area (Å²) in [7, 11) is 1.60. The Balaban J connectivity index is 1.61. The van der Waals surface area contributed by atoms with Crippen molar-refractivity contribution in [2.45, 2.75) is 49.7 Å². The topological polar surface area (TPSA) is 96.3 Å². The number of nitro benzene ring substituents is 1. The molecule has 30 heavy (non-hydrogen) atoms. The molecule has 0 aromatic heterocycles. The monoisotopic (exact) mass is 426 g/mol. The predicted octanol–water partition coefficient (Wildman–Crippen LogP) is 3.35. The van der Waals surface area contributed by atoms with Crippen molar-refractivity contribution in [3.05, 3.63) is 33.4 Å². The minimum atomic E-state index is -4.21. The highest BCUT2D eigenvalue weighted by Crippen LogP contribution is 2.60. The molecule has 2 atom stereocenters. The van der Waals surface area contributed by atoms with Crippen LogP contribution in [0.15, 0.2) is 12.1 Å². The van der Waals surface area contributed by atoms with Gasteiger partial charge in [-0.3, -0.25) is 14.9 Å². The Kier molecular flexibility index (Phi) is 5.16. The number of fused-ring (bicyclic) bond motifs is 1. The number of rotatable bonds is 5. The zero-order valence-electron chi connectivity index (χ0n) is 16.6. The predicted molar refractivity (Wildman–Crippen MR) is 105 cm³/mol. The molecule has 1 heterocycles. The summed E-state index contributed by atoms with van der Waals surface area (Å²) >= 11 is 0. The number of benzene rings is 1. The lowest BCUT2D eigenvalue weighted by atomic mass is 9.84. The van der Waals surface area contributed by atoms with Gasteiger partial charge in [-0.15, -0.1) is 0 Å². The van der Waals surface area contributed by atoms with Gasteiger partial charge in [-0.1, -0.05) is 0 Å². The van der Waals surface area contributed by atoms with Crippen LogP contribution < -0.4 is 16.0 Å². The highest BCUT2D eigenvalue weighted by atomic mass is 19.4. The molecule has 3 N–H and O–H groups in total. The third-order valence-electron chi connectivity index (χ3n) is 6.96. The van der Waals surface area contributed by atoms with Crippen molar-refractivity contribution in [2.24, 2.45) is 11.8 Å². The van der Waals surface area contributed by atoms with Crippen molar-refractivity contribution in [3.63, 3.8) is 0 Å². The highest BCUT2D eigenvalue weighted by molar-refractivity contribution is 5.99. The lowest BCUT2D eigenvalue weighted by Gasteiger charge is -2.30. The number of nitro groups is 1. The first-order chi connectivity index (χ1) is 14.2. The van der Waals surface area contributed by atoms with Crippen LogP contribution in [-0.2, 0) is 5.41 Å². The van der Waals surface area contributed by atoms with Crippen molar-refractivity contribution in [1.29, 1.82) is 0 Å². The number of hydrogen-bond acceptors (Lipinski definition) is 5. The third-order valence-corrected chi connectivity index (χ3v) is 6.96. The van der Waals surface area contributed by atoms with Crippen LogP contribution in [0.1, 0.15) is 48.0 Å². The van der Waals surface area contributed by atoms with Gasteiger partial charge in [0.05, 0.1) is 22.0 Å². The summed E-state index contributed by atoms with van der Waals surface area (Å²) in [5.74, 6) is -1.52. The summed E-state index contributed by atoms with van der Waals surface area (Å²) in [6.45, 7) is 1.33. The van der Waals surface area contributed by atoms with E-state index in [-0.39, 0.29) is 48.9 Å². The summed E-state index contributed by atoms with van der Waals surface area (Å²) in [5.41, 5.74) is 0.526. The van der Waals surface area contributed by atoms with Crippen LogP contribution in [0.25, 0.3) is 0 Å².